The van der Waals surface area contributed by atoms with Crippen LogP contribution in [0.15, 0.2) is 71.1 Å². The van der Waals surface area contributed by atoms with Crippen molar-refractivity contribution in [2.75, 3.05) is 21.3 Å². The monoisotopic (exact) mass is 531 g/mol. The van der Waals surface area contributed by atoms with Gasteiger partial charge in [0.2, 0.25) is 17.5 Å². The molecule has 4 rings (SSSR count). The second-order valence-corrected chi connectivity index (χ2v) is 8.65. The van der Waals surface area contributed by atoms with Crippen molar-refractivity contribution in [3.63, 3.8) is 0 Å². The molecular weight excluding hydrogens is 502 g/mol. The number of methoxy groups -OCH3 is 3. The molecular formula is C29H29N3O7. The summed E-state index contributed by atoms with van der Waals surface area (Å²) in [6, 6.07) is 19.7. The highest BCUT2D eigenvalue weighted by Gasteiger charge is 2.23. The minimum atomic E-state index is -1.00. The molecule has 0 bridgehead atoms. The number of benzene rings is 3. The van der Waals surface area contributed by atoms with Gasteiger partial charge in [0.1, 0.15) is 6.04 Å². The second kappa shape index (κ2) is 12.6. The van der Waals surface area contributed by atoms with Crippen LogP contribution in [-0.4, -0.2) is 48.5 Å². The molecule has 10 nitrogen and oxygen atoms in total. The summed E-state index contributed by atoms with van der Waals surface area (Å²) in [6.45, 7) is 0. The van der Waals surface area contributed by atoms with Gasteiger partial charge >= 0.3 is 5.97 Å². The number of carboxylic acid groups (broad SMARTS) is 1. The van der Waals surface area contributed by atoms with E-state index in [4.69, 9.17) is 18.6 Å². The van der Waals surface area contributed by atoms with Crippen molar-refractivity contribution in [2.45, 2.75) is 25.3 Å². The minimum absolute atomic E-state index is 0.0784. The molecule has 1 amide bonds. The van der Waals surface area contributed by atoms with Crippen LogP contribution in [0.3, 0.4) is 0 Å². The van der Waals surface area contributed by atoms with Gasteiger partial charge in [0.25, 0.3) is 5.91 Å². The molecule has 1 aromatic heterocycles. The summed E-state index contributed by atoms with van der Waals surface area (Å²) in [5, 5.41) is 20.3. The van der Waals surface area contributed by atoms with Crippen molar-refractivity contribution < 1.29 is 33.3 Å². The standard InChI is InChI=1S/C29H29N3O7/c1-36-23-15-18(16-24(37-2)27(23)38-3)17-25-31-32-29(39-25)22(13-14-26(33)34)30-28(35)21-11-9-20(10-12-21)19-7-5-4-6-8-19/h4-12,15-16,22H,13-14,17H2,1-3H3,(H,30,35)(H,33,34)/t22-/m0/s1. The van der Waals surface area contributed by atoms with Crippen LogP contribution in [0.25, 0.3) is 11.1 Å². The van der Waals surface area contributed by atoms with Crippen molar-refractivity contribution in [1.82, 2.24) is 15.5 Å². The van der Waals surface area contributed by atoms with E-state index in [1.54, 1.807) is 24.3 Å². The highest BCUT2D eigenvalue weighted by atomic mass is 16.5. The van der Waals surface area contributed by atoms with Crippen LogP contribution in [-0.2, 0) is 11.2 Å². The number of aliphatic carboxylic acids is 1. The first-order valence-corrected chi connectivity index (χ1v) is 12.2. The summed E-state index contributed by atoms with van der Waals surface area (Å²) in [5.74, 6) is 0.443. The Hall–Kier alpha value is -4.86. The molecule has 0 unspecified atom stereocenters. The van der Waals surface area contributed by atoms with Crippen LogP contribution in [0, 0.1) is 0 Å². The zero-order chi connectivity index (χ0) is 27.8. The van der Waals surface area contributed by atoms with Gasteiger partial charge in [-0.3, -0.25) is 9.59 Å². The fraction of sp³-hybridized carbons (Fsp3) is 0.241. The zero-order valence-corrected chi connectivity index (χ0v) is 21.8. The number of nitrogens with zero attached hydrogens (tertiary/aromatic N) is 2. The first-order valence-electron chi connectivity index (χ1n) is 12.2. The van der Waals surface area contributed by atoms with E-state index in [0.717, 1.165) is 16.7 Å². The van der Waals surface area contributed by atoms with Gasteiger partial charge in [-0.05, 0) is 47.4 Å². The summed E-state index contributed by atoms with van der Waals surface area (Å²) in [6.07, 6.45) is 0.141. The first-order chi connectivity index (χ1) is 18.9. The Kier molecular flexibility index (Phi) is 8.78. The fourth-order valence-corrected chi connectivity index (χ4v) is 4.10. The lowest BCUT2D eigenvalue weighted by molar-refractivity contribution is -0.137. The Labute approximate surface area is 225 Å². The number of carboxylic acids is 1. The summed E-state index contributed by atoms with van der Waals surface area (Å²) in [4.78, 5) is 24.3. The van der Waals surface area contributed by atoms with E-state index >= 15 is 0 Å². The molecule has 0 saturated heterocycles. The molecule has 202 valence electrons. The third-order valence-electron chi connectivity index (χ3n) is 6.07. The first kappa shape index (κ1) is 27.2. The Morgan fingerprint density at radius 3 is 2.13 bits per heavy atom. The van der Waals surface area contributed by atoms with E-state index in [0.29, 0.717) is 22.8 Å². The molecule has 0 radical (unpaired) electrons. The number of aromatic nitrogens is 2. The SMILES string of the molecule is COc1cc(Cc2nnc([C@H](CCC(=O)O)NC(=O)c3ccc(-c4ccccc4)cc3)o2)cc(OC)c1OC. The minimum Gasteiger partial charge on any atom is -0.493 e. The lowest BCUT2D eigenvalue weighted by Gasteiger charge is -2.15. The normalized spacial score (nSPS) is 11.5. The highest BCUT2D eigenvalue weighted by molar-refractivity contribution is 5.95. The van der Waals surface area contributed by atoms with Crippen LogP contribution in [0.4, 0.5) is 0 Å². The van der Waals surface area contributed by atoms with E-state index in [1.807, 2.05) is 42.5 Å². The number of ether oxygens (including phenoxy) is 3. The predicted octanol–water partition coefficient (Wildman–Crippen LogP) is 4.69. The van der Waals surface area contributed by atoms with Gasteiger partial charge in [-0.1, -0.05) is 42.5 Å². The molecule has 4 aromatic rings. The molecule has 0 aliphatic rings. The smallest absolute Gasteiger partial charge is 0.303 e. The second-order valence-electron chi connectivity index (χ2n) is 8.65. The molecule has 0 aliphatic carbocycles. The summed E-state index contributed by atoms with van der Waals surface area (Å²) in [7, 11) is 4.57. The number of rotatable bonds is 12. The average molecular weight is 532 g/mol. The van der Waals surface area contributed by atoms with Gasteiger partial charge in [0.05, 0.1) is 27.8 Å². The van der Waals surface area contributed by atoms with E-state index in [2.05, 4.69) is 15.5 Å². The summed E-state index contributed by atoms with van der Waals surface area (Å²) < 4.78 is 22.0. The van der Waals surface area contributed by atoms with Crippen molar-refractivity contribution in [3.8, 4) is 28.4 Å². The number of carbonyl (C=O) groups is 2. The largest absolute Gasteiger partial charge is 0.493 e. The number of carbonyl (C=O) groups excluding carboxylic acids is 1. The van der Waals surface area contributed by atoms with Crippen LogP contribution < -0.4 is 19.5 Å². The summed E-state index contributed by atoms with van der Waals surface area (Å²) >= 11 is 0. The number of hydrogen-bond acceptors (Lipinski definition) is 8. The lowest BCUT2D eigenvalue weighted by Crippen LogP contribution is -2.29. The predicted molar refractivity (Wildman–Crippen MR) is 142 cm³/mol. The van der Waals surface area contributed by atoms with Crippen LogP contribution >= 0.6 is 0 Å². The zero-order valence-electron chi connectivity index (χ0n) is 21.8. The Morgan fingerprint density at radius 1 is 0.897 bits per heavy atom. The quantitative estimate of drug-likeness (QED) is 0.267. The molecule has 3 aromatic carbocycles. The lowest BCUT2D eigenvalue weighted by atomic mass is 10.0. The van der Waals surface area contributed by atoms with Gasteiger partial charge in [-0.2, -0.15) is 0 Å². The third-order valence-corrected chi connectivity index (χ3v) is 6.07. The number of hydrogen-bond donors (Lipinski definition) is 2. The molecule has 1 atom stereocenters. The van der Waals surface area contributed by atoms with E-state index < -0.39 is 12.0 Å². The van der Waals surface area contributed by atoms with Crippen LogP contribution in [0.1, 0.15) is 46.6 Å². The van der Waals surface area contributed by atoms with E-state index in [9.17, 15) is 14.7 Å². The maximum atomic E-state index is 13.0. The average Bonchev–Trinajstić information content (AvgIpc) is 3.43. The molecule has 10 heteroatoms. The maximum absolute atomic E-state index is 13.0. The number of nitrogens with one attached hydrogen (secondary N) is 1. The molecule has 0 spiro atoms. The van der Waals surface area contributed by atoms with Gasteiger partial charge in [-0.25, -0.2) is 0 Å². The Balaban J connectivity index is 1.51. The van der Waals surface area contributed by atoms with Crippen LogP contribution in [0.2, 0.25) is 0 Å². The van der Waals surface area contributed by atoms with E-state index in [-0.39, 0.29) is 37.0 Å². The fourth-order valence-electron chi connectivity index (χ4n) is 4.10. The van der Waals surface area contributed by atoms with Gasteiger partial charge in [0.15, 0.2) is 11.5 Å². The topological polar surface area (TPSA) is 133 Å². The maximum Gasteiger partial charge on any atom is 0.303 e. The van der Waals surface area contributed by atoms with Crippen molar-refractivity contribution in [3.05, 3.63) is 89.6 Å². The Morgan fingerprint density at radius 2 is 1.54 bits per heavy atom. The van der Waals surface area contributed by atoms with E-state index in [1.165, 1.54) is 21.3 Å². The van der Waals surface area contributed by atoms with Crippen molar-refractivity contribution in [2.24, 2.45) is 0 Å². The van der Waals surface area contributed by atoms with Crippen LogP contribution in [0.5, 0.6) is 17.2 Å². The summed E-state index contributed by atoms with van der Waals surface area (Å²) in [5.41, 5.74) is 3.20. The molecule has 0 saturated carbocycles. The molecule has 0 fully saturated rings. The van der Waals surface area contributed by atoms with Gasteiger partial charge in [-0.15, -0.1) is 10.2 Å². The third kappa shape index (κ3) is 6.72. The van der Waals surface area contributed by atoms with Gasteiger partial charge in [0, 0.05) is 12.0 Å². The van der Waals surface area contributed by atoms with Gasteiger partial charge < -0.3 is 29.1 Å². The molecule has 2 N–H and O–H groups in total. The Bertz CT molecular complexity index is 1390. The van der Waals surface area contributed by atoms with Crippen molar-refractivity contribution >= 4 is 11.9 Å². The highest BCUT2D eigenvalue weighted by Crippen LogP contribution is 2.38. The molecule has 39 heavy (non-hydrogen) atoms. The molecule has 1 heterocycles. The number of amides is 1. The van der Waals surface area contributed by atoms with Crippen molar-refractivity contribution in [1.29, 1.82) is 0 Å². The molecule has 0 aliphatic heterocycles.